The molecule has 1 aromatic carbocycles. The second-order valence-corrected chi connectivity index (χ2v) is 5.06. The van der Waals surface area contributed by atoms with E-state index in [9.17, 15) is 5.26 Å². The van der Waals surface area contributed by atoms with Crippen LogP contribution in [-0.2, 0) is 9.47 Å². The molecule has 1 atom stereocenters. The topological polar surface area (TPSA) is 74.8 Å². The molecule has 1 aliphatic heterocycles. The van der Waals surface area contributed by atoms with Crippen LogP contribution in [0.3, 0.4) is 0 Å². The van der Waals surface area contributed by atoms with Crippen molar-refractivity contribution in [2.24, 2.45) is 5.16 Å². The van der Waals surface area contributed by atoms with E-state index < -0.39 is 11.7 Å². The molecule has 106 valence electrons. The standard InChI is InChI=1S/C13H12Cl2N2O3/c14-11-2-1-9(7-12(11)15)10(8-16)13(3-4-17-18)19-5-6-20-13/h1-2,4,7,10,18H,3,5-6H2. The number of hydrogen-bond donors (Lipinski definition) is 1. The van der Waals surface area contributed by atoms with Gasteiger partial charge in [0.15, 0.2) is 5.79 Å². The van der Waals surface area contributed by atoms with Crippen molar-refractivity contribution in [3.05, 3.63) is 33.8 Å². The molecule has 1 N–H and O–H groups in total. The molecule has 1 saturated heterocycles. The van der Waals surface area contributed by atoms with Crippen molar-refractivity contribution in [1.29, 1.82) is 5.26 Å². The number of benzene rings is 1. The lowest BCUT2D eigenvalue weighted by atomic mass is 9.89. The molecular formula is C13H12Cl2N2O3. The van der Waals surface area contributed by atoms with Crippen molar-refractivity contribution in [2.45, 2.75) is 18.1 Å². The lowest BCUT2D eigenvalue weighted by Crippen LogP contribution is -2.37. The summed E-state index contributed by atoms with van der Waals surface area (Å²) < 4.78 is 11.2. The van der Waals surface area contributed by atoms with Crippen molar-refractivity contribution >= 4 is 29.4 Å². The van der Waals surface area contributed by atoms with Gasteiger partial charge < -0.3 is 14.7 Å². The number of oxime groups is 1. The number of nitrogens with zero attached hydrogens (tertiary/aromatic N) is 2. The summed E-state index contributed by atoms with van der Waals surface area (Å²) in [6, 6.07) is 7.09. The molecule has 1 unspecified atom stereocenters. The first-order chi connectivity index (χ1) is 9.63. The predicted molar refractivity (Wildman–Crippen MR) is 74.3 cm³/mol. The van der Waals surface area contributed by atoms with Gasteiger partial charge in [-0.3, -0.25) is 0 Å². The van der Waals surface area contributed by atoms with Gasteiger partial charge in [0, 0.05) is 12.6 Å². The lowest BCUT2D eigenvalue weighted by molar-refractivity contribution is -0.158. The third-order valence-electron chi connectivity index (χ3n) is 3.08. The Labute approximate surface area is 126 Å². The summed E-state index contributed by atoms with van der Waals surface area (Å²) in [5, 5.41) is 21.8. The van der Waals surface area contributed by atoms with Crippen LogP contribution in [0.15, 0.2) is 23.4 Å². The van der Waals surface area contributed by atoms with Crippen LogP contribution in [0.25, 0.3) is 0 Å². The maximum absolute atomic E-state index is 9.47. The number of hydrogen-bond acceptors (Lipinski definition) is 5. The highest BCUT2D eigenvalue weighted by Crippen LogP contribution is 2.39. The van der Waals surface area contributed by atoms with E-state index in [1.54, 1.807) is 18.2 Å². The van der Waals surface area contributed by atoms with Crippen molar-refractivity contribution in [2.75, 3.05) is 13.2 Å². The van der Waals surface area contributed by atoms with Crippen LogP contribution in [0, 0.1) is 11.3 Å². The molecule has 1 heterocycles. The summed E-state index contributed by atoms with van der Waals surface area (Å²) in [7, 11) is 0. The van der Waals surface area contributed by atoms with Crippen molar-refractivity contribution in [3.8, 4) is 6.07 Å². The average Bonchev–Trinajstić information content (AvgIpc) is 2.91. The predicted octanol–water partition coefficient (Wildman–Crippen LogP) is 3.19. The van der Waals surface area contributed by atoms with Gasteiger partial charge in [-0.2, -0.15) is 5.26 Å². The normalized spacial score (nSPS) is 19.1. The third-order valence-corrected chi connectivity index (χ3v) is 3.82. The van der Waals surface area contributed by atoms with E-state index >= 15 is 0 Å². The maximum Gasteiger partial charge on any atom is 0.193 e. The molecule has 20 heavy (non-hydrogen) atoms. The van der Waals surface area contributed by atoms with Crippen molar-refractivity contribution < 1.29 is 14.7 Å². The van der Waals surface area contributed by atoms with E-state index in [-0.39, 0.29) is 6.42 Å². The van der Waals surface area contributed by atoms with Gasteiger partial charge in [-0.1, -0.05) is 29.3 Å². The van der Waals surface area contributed by atoms with E-state index in [1.165, 1.54) is 6.21 Å². The Balaban J connectivity index is 2.38. The quantitative estimate of drug-likeness (QED) is 0.526. The van der Waals surface area contributed by atoms with Crippen LogP contribution < -0.4 is 0 Å². The fourth-order valence-corrected chi connectivity index (χ4v) is 2.47. The van der Waals surface area contributed by atoms with Gasteiger partial charge >= 0.3 is 0 Å². The highest BCUT2D eigenvalue weighted by Gasteiger charge is 2.45. The van der Waals surface area contributed by atoms with Gasteiger partial charge in [0.2, 0.25) is 0 Å². The van der Waals surface area contributed by atoms with Crippen LogP contribution in [0.5, 0.6) is 0 Å². The molecule has 0 saturated carbocycles. The number of rotatable bonds is 4. The fraction of sp³-hybridized carbons (Fsp3) is 0.385. The first-order valence-corrected chi connectivity index (χ1v) is 6.67. The number of ether oxygens (including phenoxy) is 2. The van der Waals surface area contributed by atoms with Gasteiger partial charge in [0.1, 0.15) is 5.92 Å². The Hall–Kier alpha value is -1.32. The molecule has 5 nitrogen and oxygen atoms in total. The van der Waals surface area contributed by atoms with Crippen LogP contribution in [0.4, 0.5) is 0 Å². The molecular weight excluding hydrogens is 303 g/mol. The van der Waals surface area contributed by atoms with Crippen molar-refractivity contribution in [3.63, 3.8) is 0 Å². The zero-order chi connectivity index (χ0) is 14.6. The van der Waals surface area contributed by atoms with Gasteiger partial charge in [0.05, 0.1) is 29.3 Å². The third kappa shape index (κ3) is 2.89. The van der Waals surface area contributed by atoms with Crippen LogP contribution in [0.1, 0.15) is 17.9 Å². The van der Waals surface area contributed by atoms with E-state index in [0.29, 0.717) is 28.8 Å². The second-order valence-electron chi connectivity index (χ2n) is 4.25. The zero-order valence-corrected chi connectivity index (χ0v) is 11.9. The Morgan fingerprint density at radius 3 is 2.65 bits per heavy atom. The zero-order valence-electron chi connectivity index (χ0n) is 10.4. The van der Waals surface area contributed by atoms with Crippen LogP contribution in [0.2, 0.25) is 10.0 Å². The van der Waals surface area contributed by atoms with Gasteiger partial charge in [-0.05, 0) is 17.7 Å². The highest BCUT2D eigenvalue weighted by molar-refractivity contribution is 6.42. The molecule has 7 heteroatoms. The van der Waals surface area contributed by atoms with E-state index in [4.69, 9.17) is 37.9 Å². The Morgan fingerprint density at radius 2 is 2.10 bits per heavy atom. The monoisotopic (exact) mass is 314 g/mol. The smallest absolute Gasteiger partial charge is 0.193 e. The first-order valence-electron chi connectivity index (χ1n) is 5.91. The fourth-order valence-electron chi connectivity index (χ4n) is 2.16. The van der Waals surface area contributed by atoms with E-state index in [2.05, 4.69) is 11.2 Å². The molecule has 1 aromatic rings. The average molecular weight is 315 g/mol. The molecule has 0 aliphatic carbocycles. The first kappa shape index (κ1) is 15.1. The minimum absolute atomic E-state index is 0.155. The lowest BCUT2D eigenvalue weighted by Gasteiger charge is -2.30. The van der Waals surface area contributed by atoms with Crippen LogP contribution in [-0.4, -0.2) is 30.4 Å². The molecule has 0 amide bonds. The molecule has 2 rings (SSSR count). The largest absolute Gasteiger partial charge is 0.411 e. The highest BCUT2D eigenvalue weighted by atomic mass is 35.5. The summed E-state index contributed by atoms with van der Waals surface area (Å²) in [6.07, 6.45) is 1.40. The van der Waals surface area contributed by atoms with Gasteiger partial charge in [0.25, 0.3) is 0 Å². The summed E-state index contributed by atoms with van der Waals surface area (Å²) in [5.41, 5.74) is 0.634. The van der Waals surface area contributed by atoms with Crippen LogP contribution >= 0.6 is 23.2 Å². The molecule has 1 fully saturated rings. The Kier molecular flexibility index (Phi) is 4.84. The Morgan fingerprint density at radius 1 is 1.40 bits per heavy atom. The summed E-state index contributed by atoms with van der Waals surface area (Å²) in [4.78, 5) is 0. The summed E-state index contributed by atoms with van der Waals surface area (Å²) in [5.74, 6) is -1.88. The SMILES string of the molecule is N#CC(c1ccc(Cl)c(Cl)c1)C1(CC=NO)OCCO1. The van der Waals surface area contributed by atoms with Gasteiger partial charge in [-0.15, -0.1) is 5.16 Å². The van der Waals surface area contributed by atoms with Crippen molar-refractivity contribution in [1.82, 2.24) is 0 Å². The minimum Gasteiger partial charge on any atom is -0.411 e. The second kappa shape index (κ2) is 6.42. The molecule has 0 aromatic heterocycles. The molecule has 1 aliphatic rings. The summed E-state index contributed by atoms with van der Waals surface area (Å²) in [6.45, 7) is 0.748. The maximum atomic E-state index is 9.47. The Bertz CT molecular complexity index is 551. The van der Waals surface area contributed by atoms with E-state index in [1.807, 2.05) is 0 Å². The van der Waals surface area contributed by atoms with Gasteiger partial charge in [-0.25, -0.2) is 0 Å². The summed E-state index contributed by atoms with van der Waals surface area (Å²) >= 11 is 11.9. The molecule has 0 bridgehead atoms. The van der Waals surface area contributed by atoms with E-state index in [0.717, 1.165) is 0 Å². The number of nitriles is 1. The molecule has 0 spiro atoms. The molecule has 0 radical (unpaired) electrons. The number of halogens is 2. The minimum atomic E-state index is -1.17.